The van der Waals surface area contributed by atoms with E-state index in [0.717, 1.165) is 19.5 Å². The summed E-state index contributed by atoms with van der Waals surface area (Å²) >= 11 is 0. The van der Waals surface area contributed by atoms with Crippen molar-refractivity contribution in [2.24, 2.45) is 0 Å². The third kappa shape index (κ3) is 2.24. The van der Waals surface area contributed by atoms with Crippen molar-refractivity contribution in [3.63, 3.8) is 0 Å². The van der Waals surface area contributed by atoms with Gasteiger partial charge in [-0.2, -0.15) is 0 Å². The molecule has 0 bridgehead atoms. The fourth-order valence-corrected chi connectivity index (χ4v) is 1.76. The first-order valence-corrected chi connectivity index (χ1v) is 5.60. The lowest BCUT2D eigenvalue weighted by atomic mass is 10.1. The average Bonchev–Trinajstić information content (AvgIpc) is 2.69. The molecule has 0 aliphatic carbocycles. The molecular formula is C13H16N2O. The Morgan fingerprint density at radius 3 is 2.38 bits per heavy atom. The Balaban J connectivity index is 2.05. The highest BCUT2D eigenvalue weighted by Crippen LogP contribution is 2.00. The van der Waals surface area contributed by atoms with Crippen molar-refractivity contribution in [1.29, 1.82) is 0 Å². The predicted molar refractivity (Wildman–Crippen MR) is 64.5 cm³/mol. The molecule has 3 nitrogen and oxygen atoms in total. The van der Waals surface area contributed by atoms with Gasteiger partial charge in [-0.25, -0.2) is 4.79 Å². The van der Waals surface area contributed by atoms with Crippen molar-refractivity contribution in [1.82, 2.24) is 9.13 Å². The summed E-state index contributed by atoms with van der Waals surface area (Å²) in [5.41, 5.74) is 1.34. The van der Waals surface area contributed by atoms with E-state index in [2.05, 4.69) is 12.1 Å². The molecule has 0 spiro atoms. The lowest BCUT2D eigenvalue weighted by Gasteiger charge is -2.01. The standard InChI is InChI=1S/C13H16N2O/c1-2-14-10-11-15(13(14)16)9-8-12-6-4-3-5-7-12/h3-7,10-11H,2,8-9H2,1H3. The molecule has 1 aromatic heterocycles. The Morgan fingerprint density at radius 1 is 1.06 bits per heavy atom. The van der Waals surface area contributed by atoms with Gasteiger partial charge in [0.2, 0.25) is 0 Å². The summed E-state index contributed by atoms with van der Waals surface area (Å²) in [6.45, 7) is 3.45. The molecule has 3 heteroatoms. The largest absolute Gasteiger partial charge is 0.328 e. The van der Waals surface area contributed by atoms with Crippen LogP contribution in [-0.2, 0) is 19.5 Å². The fraction of sp³-hybridized carbons (Fsp3) is 0.308. The lowest BCUT2D eigenvalue weighted by Crippen LogP contribution is -2.24. The molecule has 0 unspecified atom stereocenters. The van der Waals surface area contributed by atoms with Crippen LogP contribution in [0.15, 0.2) is 47.5 Å². The predicted octanol–water partition coefficient (Wildman–Crippen LogP) is 1.91. The molecule has 0 radical (unpaired) electrons. The van der Waals surface area contributed by atoms with Crippen LogP contribution in [0.25, 0.3) is 0 Å². The molecule has 1 heterocycles. The summed E-state index contributed by atoms with van der Waals surface area (Å²) in [5.74, 6) is 0. The highest BCUT2D eigenvalue weighted by atomic mass is 16.1. The molecule has 0 saturated carbocycles. The molecule has 0 atom stereocenters. The monoisotopic (exact) mass is 216 g/mol. The first-order valence-electron chi connectivity index (χ1n) is 5.60. The van der Waals surface area contributed by atoms with E-state index in [1.54, 1.807) is 9.13 Å². The molecule has 0 N–H and O–H groups in total. The van der Waals surface area contributed by atoms with Gasteiger partial charge < -0.3 is 0 Å². The van der Waals surface area contributed by atoms with Crippen LogP contribution in [-0.4, -0.2) is 9.13 Å². The van der Waals surface area contributed by atoms with Gasteiger partial charge in [0, 0.05) is 25.5 Å². The zero-order valence-corrected chi connectivity index (χ0v) is 9.47. The number of aryl methyl sites for hydroxylation is 3. The van der Waals surface area contributed by atoms with E-state index in [4.69, 9.17) is 0 Å². The number of benzene rings is 1. The highest BCUT2D eigenvalue weighted by Gasteiger charge is 2.01. The van der Waals surface area contributed by atoms with E-state index in [9.17, 15) is 4.79 Å². The molecular weight excluding hydrogens is 200 g/mol. The third-order valence-corrected chi connectivity index (χ3v) is 2.74. The van der Waals surface area contributed by atoms with E-state index in [1.807, 2.05) is 37.5 Å². The number of hydrogen-bond donors (Lipinski definition) is 0. The quantitative estimate of drug-likeness (QED) is 0.767. The Labute approximate surface area is 95.0 Å². The Hall–Kier alpha value is -1.77. The summed E-state index contributed by atoms with van der Waals surface area (Å²) < 4.78 is 3.47. The minimum atomic E-state index is 0.0819. The van der Waals surface area contributed by atoms with Gasteiger partial charge in [0.1, 0.15) is 0 Å². The van der Waals surface area contributed by atoms with E-state index in [0.29, 0.717) is 0 Å². The van der Waals surface area contributed by atoms with Crippen LogP contribution in [0.1, 0.15) is 12.5 Å². The maximum atomic E-state index is 11.7. The van der Waals surface area contributed by atoms with Crippen molar-refractivity contribution >= 4 is 0 Å². The molecule has 16 heavy (non-hydrogen) atoms. The summed E-state index contributed by atoms with van der Waals surface area (Å²) in [7, 11) is 0. The Kier molecular flexibility index (Phi) is 3.25. The van der Waals surface area contributed by atoms with Crippen LogP contribution in [0.3, 0.4) is 0 Å². The van der Waals surface area contributed by atoms with Gasteiger partial charge in [0.15, 0.2) is 0 Å². The molecule has 0 aliphatic heterocycles. The van der Waals surface area contributed by atoms with Crippen LogP contribution in [0.5, 0.6) is 0 Å². The van der Waals surface area contributed by atoms with Crippen molar-refractivity contribution in [2.45, 2.75) is 26.4 Å². The van der Waals surface area contributed by atoms with Gasteiger partial charge in [-0.15, -0.1) is 0 Å². The molecule has 2 rings (SSSR count). The van der Waals surface area contributed by atoms with Crippen LogP contribution in [0, 0.1) is 0 Å². The second-order valence-corrected chi connectivity index (χ2v) is 3.80. The van der Waals surface area contributed by atoms with Gasteiger partial charge in [-0.3, -0.25) is 9.13 Å². The van der Waals surface area contributed by atoms with E-state index >= 15 is 0 Å². The molecule has 1 aromatic carbocycles. The zero-order valence-electron chi connectivity index (χ0n) is 9.47. The van der Waals surface area contributed by atoms with Crippen LogP contribution in [0.4, 0.5) is 0 Å². The first kappa shape index (κ1) is 10.7. The molecule has 0 amide bonds. The van der Waals surface area contributed by atoms with Gasteiger partial charge in [-0.1, -0.05) is 30.3 Å². The van der Waals surface area contributed by atoms with Crippen molar-refractivity contribution in [3.8, 4) is 0 Å². The molecule has 2 aromatic rings. The normalized spacial score (nSPS) is 10.6. The number of aromatic nitrogens is 2. The van der Waals surface area contributed by atoms with Crippen molar-refractivity contribution in [2.75, 3.05) is 0 Å². The summed E-state index contributed by atoms with van der Waals surface area (Å²) in [4.78, 5) is 11.7. The molecule has 0 fully saturated rings. The van der Waals surface area contributed by atoms with Crippen molar-refractivity contribution < 1.29 is 0 Å². The minimum absolute atomic E-state index is 0.0819. The molecule has 0 aliphatic rings. The maximum absolute atomic E-state index is 11.7. The molecule has 84 valence electrons. The highest BCUT2D eigenvalue weighted by molar-refractivity contribution is 5.14. The second kappa shape index (κ2) is 4.84. The van der Waals surface area contributed by atoms with Gasteiger partial charge in [-0.05, 0) is 18.9 Å². The van der Waals surface area contributed by atoms with Gasteiger partial charge in [0.25, 0.3) is 0 Å². The maximum Gasteiger partial charge on any atom is 0.328 e. The second-order valence-electron chi connectivity index (χ2n) is 3.80. The smallest absolute Gasteiger partial charge is 0.300 e. The third-order valence-electron chi connectivity index (χ3n) is 2.74. The zero-order chi connectivity index (χ0) is 11.4. The van der Waals surface area contributed by atoms with Gasteiger partial charge in [0.05, 0.1) is 0 Å². The average molecular weight is 216 g/mol. The van der Waals surface area contributed by atoms with Crippen LogP contribution < -0.4 is 5.69 Å². The van der Waals surface area contributed by atoms with E-state index < -0.39 is 0 Å². The number of imidazole rings is 1. The number of rotatable bonds is 4. The van der Waals surface area contributed by atoms with E-state index in [1.165, 1.54) is 5.56 Å². The van der Waals surface area contributed by atoms with Crippen molar-refractivity contribution in [3.05, 3.63) is 58.8 Å². The SMILES string of the molecule is CCn1ccn(CCc2ccccc2)c1=O. The van der Waals surface area contributed by atoms with E-state index in [-0.39, 0.29) is 5.69 Å². The van der Waals surface area contributed by atoms with Crippen LogP contribution >= 0.6 is 0 Å². The topological polar surface area (TPSA) is 26.9 Å². The Bertz CT molecular complexity index is 496. The summed E-state index contributed by atoms with van der Waals surface area (Å²) in [5, 5.41) is 0. The first-order chi connectivity index (χ1) is 7.81. The Morgan fingerprint density at radius 2 is 1.75 bits per heavy atom. The lowest BCUT2D eigenvalue weighted by molar-refractivity contribution is 0.626. The summed E-state index contributed by atoms with van der Waals surface area (Å²) in [6.07, 6.45) is 4.59. The summed E-state index contributed by atoms with van der Waals surface area (Å²) in [6, 6.07) is 10.2. The van der Waals surface area contributed by atoms with Crippen LogP contribution in [0.2, 0.25) is 0 Å². The fourth-order valence-electron chi connectivity index (χ4n) is 1.76. The van der Waals surface area contributed by atoms with Gasteiger partial charge >= 0.3 is 5.69 Å². The minimum Gasteiger partial charge on any atom is -0.300 e. The number of hydrogen-bond acceptors (Lipinski definition) is 1. The molecule has 0 saturated heterocycles. The number of nitrogens with zero attached hydrogens (tertiary/aromatic N) is 2.